The van der Waals surface area contributed by atoms with Crippen molar-refractivity contribution < 1.29 is 23.6 Å². The molecule has 1 heterocycles. The molecule has 1 aromatic heterocycles. The number of aromatic nitrogens is 1. The van der Waals surface area contributed by atoms with Crippen LogP contribution in [0.15, 0.2) is 47.0 Å². The molecule has 0 saturated carbocycles. The van der Waals surface area contributed by atoms with Crippen LogP contribution in [0, 0.1) is 19.7 Å². The molecular weight excluding hydrogens is 325 g/mol. The molecule has 5 nitrogen and oxygen atoms in total. The molecule has 3 rings (SSSR count). The Morgan fingerprint density at radius 1 is 1.20 bits per heavy atom. The molecule has 2 aromatic carbocycles. The van der Waals surface area contributed by atoms with E-state index in [2.05, 4.69) is 5.16 Å². The largest absolute Gasteiger partial charge is 0.507 e. The van der Waals surface area contributed by atoms with Crippen molar-refractivity contribution in [3.63, 3.8) is 0 Å². The van der Waals surface area contributed by atoms with Gasteiger partial charge in [-0.1, -0.05) is 11.2 Å². The number of halogens is 1. The first-order valence-corrected chi connectivity index (χ1v) is 7.63. The molecule has 0 aliphatic rings. The van der Waals surface area contributed by atoms with Crippen molar-refractivity contribution in [1.29, 1.82) is 0 Å². The number of hydrogen-bond acceptors (Lipinski definition) is 5. The Bertz CT molecular complexity index is 916. The second-order valence-corrected chi connectivity index (χ2v) is 5.69. The summed E-state index contributed by atoms with van der Waals surface area (Å²) in [5.74, 6) is -0.630. The van der Waals surface area contributed by atoms with Gasteiger partial charge in [0.25, 0.3) is 0 Å². The van der Waals surface area contributed by atoms with Crippen molar-refractivity contribution in [2.45, 2.75) is 20.5 Å². The van der Waals surface area contributed by atoms with Crippen molar-refractivity contribution in [2.24, 2.45) is 0 Å². The highest BCUT2D eigenvalue weighted by molar-refractivity contribution is 5.92. The molecule has 6 heteroatoms. The van der Waals surface area contributed by atoms with Crippen LogP contribution in [0.25, 0.3) is 11.3 Å². The average Bonchev–Trinajstić information content (AvgIpc) is 2.94. The van der Waals surface area contributed by atoms with E-state index < -0.39 is 5.97 Å². The van der Waals surface area contributed by atoms with E-state index in [0.717, 1.165) is 5.56 Å². The van der Waals surface area contributed by atoms with Crippen LogP contribution in [0.5, 0.6) is 5.75 Å². The van der Waals surface area contributed by atoms with Gasteiger partial charge in [0.05, 0.1) is 0 Å². The van der Waals surface area contributed by atoms with Gasteiger partial charge in [-0.25, -0.2) is 9.18 Å². The van der Waals surface area contributed by atoms with Crippen LogP contribution in [0.4, 0.5) is 4.39 Å². The molecule has 0 saturated heterocycles. The fraction of sp³-hybridized carbons (Fsp3) is 0.158. The van der Waals surface area contributed by atoms with Gasteiger partial charge in [0.1, 0.15) is 29.4 Å². The number of phenolic OH excluding ortho intramolecular Hbond substituents is 1. The number of ether oxygens (including phenoxy) is 1. The normalized spacial score (nSPS) is 10.7. The third-order valence-corrected chi connectivity index (χ3v) is 3.84. The van der Waals surface area contributed by atoms with E-state index in [4.69, 9.17) is 9.26 Å². The molecule has 0 atom stereocenters. The SMILES string of the molecule is Cc1ccc(C(=O)OCc2noc(-c3ccc(F)cc3)c2C)c(O)c1. The monoisotopic (exact) mass is 341 g/mol. The molecule has 0 spiro atoms. The standard InChI is InChI=1S/C19H16FNO4/c1-11-3-8-15(17(22)9-11)19(23)24-10-16-12(2)18(25-21-16)13-4-6-14(20)7-5-13/h3-9,22H,10H2,1-2H3. The van der Waals surface area contributed by atoms with E-state index in [-0.39, 0.29) is 23.7 Å². The first kappa shape index (κ1) is 16.7. The van der Waals surface area contributed by atoms with E-state index >= 15 is 0 Å². The van der Waals surface area contributed by atoms with Crippen molar-refractivity contribution >= 4 is 5.97 Å². The van der Waals surface area contributed by atoms with Gasteiger partial charge in [-0.05, 0) is 55.8 Å². The lowest BCUT2D eigenvalue weighted by Crippen LogP contribution is -2.06. The lowest BCUT2D eigenvalue weighted by Gasteiger charge is -2.06. The predicted molar refractivity (Wildman–Crippen MR) is 88.6 cm³/mol. The number of hydrogen-bond donors (Lipinski definition) is 1. The molecule has 0 fully saturated rings. The number of benzene rings is 2. The number of esters is 1. The van der Waals surface area contributed by atoms with E-state index in [1.165, 1.54) is 24.3 Å². The zero-order valence-electron chi connectivity index (χ0n) is 13.7. The Labute approximate surface area is 143 Å². The fourth-order valence-electron chi connectivity index (χ4n) is 2.40. The molecule has 0 amide bonds. The number of carbonyl (C=O) groups is 1. The highest BCUT2D eigenvalue weighted by Crippen LogP contribution is 2.27. The lowest BCUT2D eigenvalue weighted by atomic mass is 10.1. The number of phenols is 1. The molecule has 25 heavy (non-hydrogen) atoms. The molecule has 128 valence electrons. The third kappa shape index (κ3) is 3.52. The predicted octanol–water partition coefficient (Wildman–Crippen LogP) is 4.16. The minimum atomic E-state index is -0.650. The van der Waals surface area contributed by atoms with Crippen LogP contribution < -0.4 is 0 Å². The van der Waals surface area contributed by atoms with Crippen LogP contribution >= 0.6 is 0 Å². The Hall–Kier alpha value is -3.15. The van der Waals surface area contributed by atoms with Crippen LogP contribution in [0.3, 0.4) is 0 Å². The molecule has 0 aliphatic heterocycles. The molecule has 3 aromatic rings. The summed E-state index contributed by atoms with van der Waals surface area (Å²) in [6, 6.07) is 10.5. The molecular formula is C19H16FNO4. The highest BCUT2D eigenvalue weighted by atomic mass is 19.1. The molecule has 0 unspecified atom stereocenters. The summed E-state index contributed by atoms with van der Waals surface area (Å²) in [6.07, 6.45) is 0. The maximum atomic E-state index is 13.0. The second kappa shape index (κ2) is 6.76. The average molecular weight is 341 g/mol. The third-order valence-electron chi connectivity index (χ3n) is 3.84. The zero-order valence-corrected chi connectivity index (χ0v) is 13.7. The quantitative estimate of drug-likeness (QED) is 0.721. The zero-order chi connectivity index (χ0) is 18.0. The van der Waals surface area contributed by atoms with Gasteiger partial charge >= 0.3 is 5.97 Å². The van der Waals surface area contributed by atoms with Crippen LogP contribution in [-0.4, -0.2) is 16.2 Å². The topological polar surface area (TPSA) is 72.6 Å². The summed E-state index contributed by atoms with van der Waals surface area (Å²) in [5, 5.41) is 13.7. The van der Waals surface area contributed by atoms with Crippen molar-refractivity contribution in [1.82, 2.24) is 5.16 Å². The molecule has 0 aliphatic carbocycles. The van der Waals surface area contributed by atoms with Crippen molar-refractivity contribution in [3.05, 3.63) is 70.7 Å². The maximum Gasteiger partial charge on any atom is 0.342 e. The van der Waals surface area contributed by atoms with Crippen molar-refractivity contribution in [2.75, 3.05) is 0 Å². The second-order valence-electron chi connectivity index (χ2n) is 5.69. The van der Waals surface area contributed by atoms with E-state index in [9.17, 15) is 14.3 Å². The van der Waals surface area contributed by atoms with Gasteiger partial charge in [-0.3, -0.25) is 0 Å². The number of rotatable bonds is 4. The van der Waals surface area contributed by atoms with Crippen LogP contribution in [0.1, 0.15) is 27.2 Å². The number of nitrogens with zero attached hydrogens (tertiary/aromatic N) is 1. The minimum absolute atomic E-state index is 0.0884. The van der Waals surface area contributed by atoms with Crippen LogP contribution in [-0.2, 0) is 11.3 Å². The van der Waals surface area contributed by atoms with Gasteiger partial charge in [-0.15, -0.1) is 0 Å². The molecule has 1 N–H and O–H groups in total. The Morgan fingerprint density at radius 3 is 2.60 bits per heavy atom. The van der Waals surface area contributed by atoms with Gasteiger partial charge in [-0.2, -0.15) is 0 Å². The Morgan fingerprint density at radius 2 is 1.92 bits per heavy atom. The first-order valence-electron chi connectivity index (χ1n) is 7.63. The number of aryl methyl sites for hydroxylation is 1. The summed E-state index contributed by atoms with van der Waals surface area (Å²) in [7, 11) is 0. The van der Waals surface area contributed by atoms with Gasteiger partial charge in [0.2, 0.25) is 0 Å². The summed E-state index contributed by atoms with van der Waals surface area (Å²) < 4.78 is 23.5. The molecule has 0 radical (unpaired) electrons. The number of aromatic hydroxyl groups is 1. The molecule has 0 bridgehead atoms. The fourth-order valence-corrected chi connectivity index (χ4v) is 2.40. The number of carbonyl (C=O) groups excluding carboxylic acids is 1. The summed E-state index contributed by atoms with van der Waals surface area (Å²) in [4.78, 5) is 12.1. The summed E-state index contributed by atoms with van der Waals surface area (Å²) >= 11 is 0. The van der Waals surface area contributed by atoms with Gasteiger partial charge in [0, 0.05) is 11.1 Å². The summed E-state index contributed by atoms with van der Waals surface area (Å²) in [5.41, 5.74) is 2.77. The van der Waals surface area contributed by atoms with E-state index in [1.807, 2.05) is 6.92 Å². The first-order chi connectivity index (χ1) is 12.0. The summed E-state index contributed by atoms with van der Waals surface area (Å²) in [6.45, 7) is 3.49. The van der Waals surface area contributed by atoms with E-state index in [1.54, 1.807) is 25.1 Å². The minimum Gasteiger partial charge on any atom is -0.507 e. The highest BCUT2D eigenvalue weighted by Gasteiger charge is 2.17. The van der Waals surface area contributed by atoms with Gasteiger partial charge in [0.15, 0.2) is 5.76 Å². The van der Waals surface area contributed by atoms with E-state index in [0.29, 0.717) is 22.6 Å². The smallest absolute Gasteiger partial charge is 0.342 e. The van der Waals surface area contributed by atoms with Gasteiger partial charge < -0.3 is 14.4 Å². The Kier molecular flexibility index (Phi) is 4.52. The Balaban J connectivity index is 1.74. The van der Waals surface area contributed by atoms with Crippen molar-refractivity contribution in [3.8, 4) is 17.1 Å². The maximum absolute atomic E-state index is 13.0. The van der Waals surface area contributed by atoms with Crippen LogP contribution in [0.2, 0.25) is 0 Å². The lowest BCUT2D eigenvalue weighted by molar-refractivity contribution is 0.0460.